The van der Waals surface area contributed by atoms with E-state index in [1.807, 2.05) is 27.7 Å². The summed E-state index contributed by atoms with van der Waals surface area (Å²) in [5, 5.41) is 11.6. The number of rotatable bonds is 7. The Hall–Kier alpha value is -0.610. The Balaban J connectivity index is 0. The van der Waals surface area contributed by atoms with E-state index in [1.165, 1.54) is 0 Å². The van der Waals surface area contributed by atoms with E-state index in [9.17, 15) is 4.79 Å². The topological polar surface area (TPSA) is 58.6 Å². The van der Waals surface area contributed by atoms with Gasteiger partial charge >= 0.3 is 0 Å². The van der Waals surface area contributed by atoms with Crippen molar-refractivity contribution in [2.24, 2.45) is 11.3 Å². The molecule has 0 radical (unpaired) electrons. The van der Waals surface area contributed by atoms with Crippen molar-refractivity contribution >= 4 is 5.91 Å². The Bertz CT molecular complexity index is 223. The van der Waals surface area contributed by atoms with E-state index < -0.39 is 5.41 Å². The molecule has 0 unspecified atom stereocenters. The molecule has 0 aromatic rings. The predicted molar refractivity (Wildman–Crippen MR) is 80.1 cm³/mol. The van der Waals surface area contributed by atoms with E-state index in [0.29, 0.717) is 19.6 Å². The summed E-state index contributed by atoms with van der Waals surface area (Å²) < 4.78 is 5.30. The first-order valence-corrected chi connectivity index (χ1v) is 7.14. The Morgan fingerprint density at radius 2 is 1.68 bits per heavy atom. The lowest BCUT2D eigenvalue weighted by Crippen LogP contribution is -2.39. The predicted octanol–water partition coefficient (Wildman–Crippen LogP) is 2.60. The fourth-order valence-electron chi connectivity index (χ4n) is 1.09. The van der Waals surface area contributed by atoms with E-state index in [2.05, 4.69) is 26.1 Å². The summed E-state index contributed by atoms with van der Waals surface area (Å²) in [6.45, 7) is 15.1. The normalized spacial score (nSPS) is 11.3. The molecule has 116 valence electrons. The van der Waals surface area contributed by atoms with Crippen LogP contribution in [0.25, 0.3) is 0 Å². The van der Waals surface area contributed by atoms with Gasteiger partial charge in [-0.3, -0.25) is 4.79 Å². The van der Waals surface area contributed by atoms with Gasteiger partial charge in [-0.15, -0.1) is 0 Å². The number of aliphatic hydroxyl groups is 1. The van der Waals surface area contributed by atoms with Gasteiger partial charge in [0.1, 0.15) is 0 Å². The highest BCUT2D eigenvalue weighted by Gasteiger charge is 2.26. The van der Waals surface area contributed by atoms with E-state index in [0.717, 1.165) is 5.92 Å². The van der Waals surface area contributed by atoms with Crippen LogP contribution >= 0.6 is 0 Å². The van der Waals surface area contributed by atoms with Crippen molar-refractivity contribution in [3.63, 3.8) is 0 Å². The second kappa shape index (κ2) is 11.2. The molecule has 0 aliphatic rings. The number of carbonyl (C=O) groups excluding carboxylic acids is 1. The molecular formula is C15H33NO3. The zero-order chi connectivity index (χ0) is 15.5. The molecule has 0 heterocycles. The standard InChI is InChI=1S/C11H23NO3.C4H10/c1-9(2)15-8-6-12-10(14)11(3,4)5-7-13;1-4(2)3/h9,13H,5-8H2,1-4H3,(H,12,14);4H,1-3H3. The third-order valence-corrected chi connectivity index (χ3v) is 2.19. The summed E-state index contributed by atoms with van der Waals surface area (Å²) >= 11 is 0. The average Bonchev–Trinajstić information content (AvgIpc) is 2.22. The zero-order valence-electron chi connectivity index (χ0n) is 13.7. The monoisotopic (exact) mass is 275 g/mol. The van der Waals surface area contributed by atoms with Gasteiger partial charge in [0.05, 0.1) is 12.7 Å². The molecule has 0 atom stereocenters. The molecule has 0 saturated carbocycles. The maximum Gasteiger partial charge on any atom is 0.225 e. The smallest absolute Gasteiger partial charge is 0.225 e. The lowest BCUT2D eigenvalue weighted by atomic mass is 9.89. The molecule has 2 N–H and O–H groups in total. The Labute approximate surface area is 118 Å². The van der Waals surface area contributed by atoms with Gasteiger partial charge < -0.3 is 15.2 Å². The minimum atomic E-state index is -0.507. The molecule has 0 aromatic heterocycles. The molecule has 0 aliphatic heterocycles. The average molecular weight is 275 g/mol. The largest absolute Gasteiger partial charge is 0.396 e. The van der Waals surface area contributed by atoms with Crippen LogP contribution in [-0.4, -0.2) is 36.9 Å². The van der Waals surface area contributed by atoms with E-state index >= 15 is 0 Å². The van der Waals surface area contributed by atoms with Crippen LogP contribution in [0.15, 0.2) is 0 Å². The molecule has 4 heteroatoms. The fraction of sp³-hybridized carbons (Fsp3) is 0.933. The third-order valence-electron chi connectivity index (χ3n) is 2.19. The molecule has 0 aromatic carbocycles. The zero-order valence-corrected chi connectivity index (χ0v) is 13.7. The van der Waals surface area contributed by atoms with Crippen LogP contribution < -0.4 is 5.32 Å². The Morgan fingerprint density at radius 1 is 1.21 bits per heavy atom. The van der Waals surface area contributed by atoms with Crippen LogP contribution in [-0.2, 0) is 9.53 Å². The SMILES string of the molecule is CC(C)C.CC(C)OCCNC(=O)C(C)(C)CCO. The summed E-state index contributed by atoms with van der Waals surface area (Å²) in [4.78, 5) is 11.6. The van der Waals surface area contributed by atoms with Gasteiger partial charge in [0, 0.05) is 18.6 Å². The summed E-state index contributed by atoms with van der Waals surface area (Å²) in [7, 11) is 0. The minimum absolute atomic E-state index is 0.0307. The van der Waals surface area contributed by atoms with Crippen molar-refractivity contribution in [3.8, 4) is 0 Å². The molecule has 0 spiro atoms. The van der Waals surface area contributed by atoms with Gasteiger partial charge in [-0.2, -0.15) is 0 Å². The fourth-order valence-corrected chi connectivity index (χ4v) is 1.09. The van der Waals surface area contributed by atoms with Crippen LogP contribution in [0, 0.1) is 11.3 Å². The molecule has 0 bridgehead atoms. The lowest BCUT2D eigenvalue weighted by Gasteiger charge is -2.22. The van der Waals surface area contributed by atoms with Crippen molar-refractivity contribution in [2.45, 2.75) is 61.0 Å². The maximum atomic E-state index is 11.6. The van der Waals surface area contributed by atoms with Crippen molar-refractivity contribution in [1.29, 1.82) is 0 Å². The highest BCUT2D eigenvalue weighted by Crippen LogP contribution is 2.19. The number of amides is 1. The second-order valence-corrected chi connectivity index (χ2v) is 6.26. The molecular weight excluding hydrogens is 242 g/mol. The van der Waals surface area contributed by atoms with Crippen molar-refractivity contribution < 1.29 is 14.6 Å². The van der Waals surface area contributed by atoms with Crippen LogP contribution in [0.2, 0.25) is 0 Å². The van der Waals surface area contributed by atoms with Crippen LogP contribution in [0.3, 0.4) is 0 Å². The summed E-state index contributed by atoms with van der Waals surface area (Å²) in [6, 6.07) is 0. The van der Waals surface area contributed by atoms with Crippen LogP contribution in [0.1, 0.15) is 54.9 Å². The Morgan fingerprint density at radius 3 is 2.05 bits per heavy atom. The summed E-state index contributed by atoms with van der Waals surface area (Å²) in [5.41, 5.74) is -0.507. The first-order chi connectivity index (χ1) is 8.63. The summed E-state index contributed by atoms with van der Waals surface area (Å²) in [5.74, 6) is 0.795. The number of ether oxygens (including phenoxy) is 1. The van der Waals surface area contributed by atoms with Gasteiger partial charge in [-0.1, -0.05) is 34.6 Å². The van der Waals surface area contributed by atoms with Gasteiger partial charge in [0.25, 0.3) is 0 Å². The molecule has 0 aliphatic carbocycles. The highest BCUT2D eigenvalue weighted by molar-refractivity contribution is 5.81. The molecule has 0 saturated heterocycles. The van der Waals surface area contributed by atoms with Gasteiger partial charge in [-0.05, 0) is 26.2 Å². The van der Waals surface area contributed by atoms with E-state index in [1.54, 1.807) is 0 Å². The van der Waals surface area contributed by atoms with Crippen LogP contribution in [0.5, 0.6) is 0 Å². The van der Waals surface area contributed by atoms with Gasteiger partial charge in [0.15, 0.2) is 0 Å². The molecule has 1 amide bonds. The highest BCUT2D eigenvalue weighted by atomic mass is 16.5. The van der Waals surface area contributed by atoms with E-state index in [-0.39, 0.29) is 18.6 Å². The lowest BCUT2D eigenvalue weighted by molar-refractivity contribution is -0.130. The van der Waals surface area contributed by atoms with Crippen molar-refractivity contribution in [1.82, 2.24) is 5.32 Å². The molecule has 4 nitrogen and oxygen atoms in total. The second-order valence-electron chi connectivity index (χ2n) is 6.26. The third kappa shape index (κ3) is 15.3. The number of hydrogen-bond acceptors (Lipinski definition) is 3. The quantitative estimate of drug-likeness (QED) is 0.702. The first kappa shape index (κ1) is 20.7. The van der Waals surface area contributed by atoms with Gasteiger partial charge in [-0.25, -0.2) is 0 Å². The van der Waals surface area contributed by atoms with Crippen molar-refractivity contribution in [3.05, 3.63) is 0 Å². The van der Waals surface area contributed by atoms with E-state index in [4.69, 9.17) is 9.84 Å². The number of hydrogen-bond donors (Lipinski definition) is 2. The Kier molecular flexibility index (Phi) is 12.2. The first-order valence-electron chi connectivity index (χ1n) is 7.14. The molecule has 0 rings (SSSR count). The number of aliphatic hydroxyl groups excluding tert-OH is 1. The van der Waals surface area contributed by atoms with Crippen molar-refractivity contribution in [2.75, 3.05) is 19.8 Å². The maximum absolute atomic E-state index is 11.6. The number of carbonyl (C=O) groups is 1. The molecule has 19 heavy (non-hydrogen) atoms. The molecule has 0 fully saturated rings. The minimum Gasteiger partial charge on any atom is -0.396 e. The van der Waals surface area contributed by atoms with Gasteiger partial charge in [0.2, 0.25) is 5.91 Å². The number of nitrogens with one attached hydrogen (secondary N) is 1. The van der Waals surface area contributed by atoms with Crippen LogP contribution in [0.4, 0.5) is 0 Å². The summed E-state index contributed by atoms with van der Waals surface area (Å²) in [6.07, 6.45) is 0.663.